The topological polar surface area (TPSA) is 90.0 Å². The van der Waals surface area contributed by atoms with Gasteiger partial charge in [0.15, 0.2) is 0 Å². The first-order valence-electron chi connectivity index (χ1n) is 10.9. The average Bonchev–Trinajstić information content (AvgIpc) is 3.08. The molecule has 2 aromatic rings. The van der Waals surface area contributed by atoms with Gasteiger partial charge >= 0.3 is 0 Å². The minimum absolute atomic E-state index is 0.0525. The Morgan fingerprint density at radius 2 is 1.52 bits per heavy atom. The highest BCUT2D eigenvalue weighted by molar-refractivity contribution is 6.21. The van der Waals surface area contributed by atoms with Gasteiger partial charge < -0.3 is 10.2 Å². The molecule has 2 aliphatic heterocycles. The first-order valence-corrected chi connectivity index (χ1v) is 10.9. The van der Waals surface area contributed by atoms with Crippen LogP contribution in [0.3, 0.4) is 0 Å². The molecular formula is C25H26N4O4. The van der Waals surface area contributed by atoms with Crippen LogP contribution in [0.4, 0.5) is 0 Å². The highest BCUT2D eigenvalue weighted by Gasteiger charge is 2.35. The summed E-state index contributed by atoms with van der Waals surface area (Å²) in [5, 5.41) is 2.76. The third-order valence-corrected chi connectivity index (χ3v) is 5.89. The number of nitrogens with one attached hydrogen (secondary N) is 1. The van der Waals surface area contributed by atoms with E-state index in [-0.39, 0.29) is 30.2 Å². The largest absolute Gasteiger partial charge is 0.352 e. The van der Waals surface area contributed by atoms with Crippen LogP contribution in [-0.4, -0.2) is 77.6 Å². The molecule has 1 fully saturated rings. The Morgan fingerprint density at radius 1 is 0.909 bits per heavy atom. The quantitative estimate of drug-likeness (QED) is 0.515. The molecule has 8 heteroatoms. The van der Waals surface area contributed by atoms with Crippen LogP contribution in [0.2, 0.25) is 0 Å². The average molecular weight is 447 g/mol. The predicted octanol–water partition coefficient (Wildman–Crippen LogP) is 1.54. The summed E-state index contributed by atoms with van der Waals surface area (Å²) in [7, 11) is 0. The molecule has 4 amide bonds. The van der Waals surface area contributed by atoms with E-state index >= 15 is 0 Å². The molecule has 0 radical (unpaired) electrons. The molecule has 8 nitrogen and oxygen atoms in total. The second-order valence-electron chi connectivity index (χ2n) is 8.10. The standard InChI is InChI=1S/C25H26N4O4/c1-2-11-26-22(30)17-27-12-14-28(15-13-27)23(31)19-9-7-18(8-10-19)16-29-24(32)20-5-3-4-6-21(20)25(29)33/h2-10H,1,11-17H2,(H,26,30). The molecule has 0 bridgehead atoms. The summed E-state index contributed by atoms with van der Waals surface area (Å²) in [6.45, 7) is 6.84. The smallest absolute Gasteiger partial charge is 0.261 e. The second-order valence-corrected chi connectivity index (χ2v) is 8.10. The highest BCUT2D eigenvalue weighted by atomic mass is 16.2. The van der Waals surface area contributed by atoms with Gasteiger partial charge in [0, 0.05) is 38.3 Å². The number of hydrogen-bond donors (Lipinski definition) is 1. The molecule has 2 heterocycles. The van der Waals surface area contributed by atoms with Crippen molar-refractivity contribution in [2.45, 2.75) is 6.54 Å². The summed E-state index contributed by atoms with van der Waals surface area (Å²) >= 11 is 0. The van der Waals surface area contributed by atoms with Gasteiger partial charge in [-0.1, -0.05) is 30.3 Å². The molecule has 170 valence electrons. The van der Waals surface area contributed by atoms with E-state index in [0.29, 0.717) is 56.0 Å². The fourth-order valence-electron chi connectivity index (χ4n) is 4.05. The van der Waals surface area contributed by atoms with Crippen molar-refractivity contribution < 1.29 is 19.2 Å². The van der Waals surface area contributed by atoms with Crippen molar-refractivity contribution in [3.05, 3.63) is 83.4 Å². The van der Waals surface area contributed by atoms with Gasteiger partial charge in [-0.25, -0.2) is 0 Å². The Hall–Kier alpha value is -3.78. The maximum atomic E-state index is 12.9. The van der Waals surface area contributed by atoms with Crippen molar-refractivity contribution in [1.82, 2.24) is 20.0 Å². The Balaban J connectivity index is 1.31. The van der Waals surface area contributed by atoms with Gasteiger partial charge in [0.05, 0.1) is 24.2 Å². The molecular weight excluding hydrogens is 420 g/mol. The normalized spacial score (nSPS) is 16.0. The summed E-state index contributed by atoms with van der Waals surface area (Å²) in [6, 6.07) is 13.8. The molecule has 1 N–H and O–H groups in total. The summed E-state index contributed by atoms with van der Waals surface area (Å²) in [5.41, 5.74) is 2.17. The van der Waals surface area contributed by atoms with Crippen LogP contribution in [0.1, 0.15) is 36.6 Å². The number of nitrogens with zero attached hydrogens (tertiary/aromatic N) is 3. The van der Waals surface area contributed by atoms with Crippen LogP contribution in [0.5, 0.6) is 0 Å². The van der Waals surface area contributed by atoms with E-state index in [4.69, 9.17) is 0 Å². The van der Waals surface area contributed by atoms with Gasteiger partial charge in [-0.3, -0.25) is 29.0 Å². The lowest BCUT2D eigenvalue weighted by atomic mass is 10.1. The van der Waals surface area contributed by atoms with Crippen LogP contribution in [-0.2, 0) is 11.3 Å². The van der Waals surface area contributed by atoms with E-state index < -0.39 is 0 Å². The summed E-state index contributed by atoms with van der Waals surface area (Å²) in [4.78, 5) is 54.8. The number of piperazine rings is 1. The fraction of sp³-hybridized carbons (Fsp3) is 0.280. The molecule has 0 aliphatic carbocycles. The zero-order chi connectivity index (χ0) is 23.4. The van der Waals surface area contributed by atoms with Gasteiger partial charge in [-0.05, 0) is 29.8 Å². The lowest BCUT2D eigenvalue weighted by Gasteiger charge is -2.34. The van der Waals surface area contributed by atoms with Crippen LogP contribution >= 0.6 is 0 Å². The van der Waals surface area contributed by atoms with E-state index in [1.807, 2.05) is 4.90 Å². The summed E-state index contributed by atoms with van der Waals surface area (Å²) in [5.74, 6) is -0.722. The predicted molar refractivity (Wildman–Crippen MR) is 123 cm³/mol. The number of benzene rings is 2. The SMILES string of the molecule is C=CCNC(=O)CN1CCN(C(=O)c2ccc(CN3C(=O)c4ccccc4C3=O)cc2)CC1. The van der Waals surface area contributed by atoms with Gasteiger partial charge in [0.25, 0.3) is 17.7 Å². The number of rotatable bonds is 7. The maximum Gasteiger partial charge on any atom is 0.261 e. The number of carbonyl (C=O) groups is 4. The van der Waals surface area contributed by atoms with Crippen LogP contribution in [0.25, 0.3) is 0 Å². The maximum absolute atomic E-state index is 12.9. The first kappa shape index (κ1) is 22.4. The monoisotopic (exact) mass is 446 g/mol. The van der Waals surface area contributed by atoms with Gasteiger partial charge in [-0.2, -0.15) is 0 Å². The van der Waals surface area contributed by atoms with Crippen molar-refractivity contribution in [2.24, 2.45) is 0 Å². The van der Waals surface area contributed by atoms with E-state index in [0.717, 1.165) is 5.56 Å². The molecule has 2 aromatic carbocycles. The van der Waals surface area contributed by atoms with Crippen molar-refractivity contribution >= 4 is 23.6 Å². The summed E-state index contributed by atoms with van der Waals surface area (Å²) < 4.78 is 0. The van der Waals surface area contributed by atoms with E-state index in [1.54, 1.807) is 59.5 Å². The van der Waals surface area contributed by atoms with Crippen molar-refractivity contribution in [3.8, 4) is 0 Å². The van der Waals surface area contributed by atoms with Crippen LogP contribution in [0.15, 0.2) is 61.2 Å². The Kier molecular flexibility index (Phi) is 6.65. The van der Waals surface area contributed by atoms with E-state index in [1.165, 1.54) is 4.90 Å². The fourth-order valence-corrected chi connectivity index (χ4v) is 4.05. The molecule has 0 atom stereocenters. The Morgan fingerprint density at radius 3 is 2.09 bits per heavy atom. The molecule has 4 rings (SSSR count). The number of amides is 4. The van der Waals surface area contributed by atoms with Crippen LogP contribution in [0, 0.1) is 0 Å². The van der Waals surface area contributed by atoms with E-state index in [2.05, 4.69) is 11.9 Å². The third-order valence-electron chi connectivity index (χ3n) is 5.89. The summed E-state index contributed by atoms with van der Waals surface area (Å²) in [6.07, 6.45) is 1.64. The van der Waals surface area contributed by atoms with E-state index in [9.17, 15) is 19.2 Å². The first-order chi connectivity index (χ1) is 16.0. The number of carbonyl (C=O) groups excluding carboxylic acids is 4. The zero-order valence-corrected chi connectivity index (χ0v) is 18.3. The number of imide groups is 1. The molecule has 33 heavy (non-hydrogen) atoms. The molecule has 1 saturated heterocycles. The molecule has 0 spiro atoms. The minimum Gasteiger partial charge on any atom is -0.352 e. The highest BCUT2D eigenvalue weighted by Crippen LogP contribution is 2.24. The lowest BCUT2D eigenvalue weighted by molar-refractivity contribution is -0.122. The van der Waals surface area contributed by atoms with Gasteiger partial charge in [0.2, 0.25) is 5.91 Å². The zero-order valence-electron chi connectivity index (χ0n) is 18.3. The van der Waals surface area contributed by atoms with Gasteiger partial charge in [-0.15, -0.1) is 6.58 Å². The lowest BCUT2D eigenvalue weighted by Crippen LogP contribution is -2.51. The molecule has 0 unspecified atom stereocenters. The third kappa shape index (κ3) is 4.85. The molecule has 0 saturated carbocycles. The van der Waals surface area contributed by atoms with Crippen LogP contribution < -0.4 is 5.32 Å². The minimum atomic E-state index is -0.299. The van der Waals surface area contributed by atoms with Crippen molar-refractivity contribution in [1.29, 1.82) is 0 Å². The van der Waals surface area contributed by atoms with Crippen molar-refractivity contribution in [3.63, 3.8) is 0 Å². The molecule has 0 aromatic heterocycles. The number of fused-ring (bicyclic) bond motifs is 1. The van der Waals surface area contributed by atoms with Crippen molar-refractivity contribution in [2.75, 3.05) is 39.3 Å². The molecule has 2 aliphatic rings. The Bertz CT molecular complexity index is 1050. The van der Waals surface area contributed by atoms with Gasteiger partial charge in [0.1, 0.15) is 0 Å². The number of hydrogen-bond acceptors (Lipinski definition) is 5. The Labute approximate surface area is 192 Å². The second kappa shape index (κ2) is 9.79.